The molecule has 0 atom stereocenters. The molecule has 0 saturated carbocycles. The first-order chi connectivity index (χ1) is 10.4. The molecule has 2 N–H and O–H groups in total. The van der Waals surface area contributed by atoms with Gasteiger partial charge in [0.05, 0.1) is 18.9 Å². The second-order valence-electron chi connectivity index (χ2n) is 5.17. The first-order valence-electron chi connectivity index (χ1n) is 7.56. The Morgan fingerprint density at radius 1 is 1.23 bits per heavy atom. The molecule has 1 aliphatic rings. The third-order valence-corrected chi connectivity index (χ3v) is 4.84. The van der Waals surface area contributed by atoms with Crippen molar-refractivity contribution >= 4 is 22.0 Å². The number of hydrogen-bond donors (Lipinski definition) is 2. The number of ether oxygens (including phenoxy) is 1. The van der Waals surface area contributed by atoms with Gasteiger partial charge in [0, 0.05) is 19.1 Å². The maximum Gasteiger partial charge on any atom is 0.409 e. The van der Waals surface area contributed by atoms with Gasteiger partial charge < -0.3 is 15.0 Å². The lowest BCUT2D eigenvalue weighted by Crippen LogP contribution is -2.48. The molecule has 9 heteroatoms. The van der Waals surface area contributed by atoms with Crippen LogP contribution in [-0.2, 0) is 19.6 Å². The van der Waals surface area contributed by atoms with E-state index in [9.17, 15) is 18.0 Å². The summed E-state index contributed by atoms with van der Waals surface area (Å²) in [6, 6.07) is -0.0474. The molecule has 0 aromatic heterocycles. The summed E-state index contributed by atoms with van der Waals surface area (Å²) in [4.78, 5) is 24.9. The molecule has 128 valence electrons. The summed E-state index contributed by atoms with van der Waals surface area (Å²) in [6.07, 6.45) is 1.43. The van der Waals surface area contributed by atoms with E-state index in [0.717, 1.165) is 0 Å². The minimum atomic E-state index is -3.37. The second kappa shape index (κ2) is 8.94. The lowest BCUT2D eigenvalue weighted by Gasteiger charge is -2.31. The highest BCUT2D eigenvalue weighted by Gasteiger charge is 2.24. The summed E-state index contributed by atoms with van der Waals surface area (Å²) >= 11 is 0. The number of sulfonamides is 1. The van der Waals surface area contributed by atoms with Crippen LogP contribution in [0.4, 0.5) is 4.79 Å². The van der Waals surface area contributed by atoms with E-state index in [-0.39, 0.29) is 30.3 Å². The van der Waals surface area contributed by atoms with Gasteiger partial charge in [-0.05, 0) is 26.2 Å². The molecule has 0 unspecified atom stereocenters. The molecule has 1 aliphatic heterocycles. The summed E-state index contributed by atoms with van der Waals surface area (Å²) < 4.78 is 30.1. The van der Waals surface area contributed by atoms with Crippen molar-refractivity contribution < 1.29 is 22.7 Å². The molecule has 2 amide bonds. The maximum absolute atomic E-state index is 11.7. The molecule has 1 saturated heterocycles. The number of hydrogen-bond acceptors (Lipinski definition) is 5. The van der Waals surface area contributed by atoms with E-state index in [1.165, 1.54) is 0 Å². The Bertz CT molecular complexity index is 472. The summed E-state index contributed by atoms with van der Waals surface area (Å²) in [5.41, 5.74) is 0. The van der Waals surface area contributed by atoms with Crippen LogP contribution >= 0.6 is 0 Å². The molecule has 1 heterocycles. The smallest absolute Gasteiger partial charge is 0.409 e. The number of rotatable bonds is 7. The van der Waals surface area contributed by atoms with Gasteiger partial charge in [-0.25, -0.2) is 17.9 Å². The Labute approximate surface area is 131 Å². The van der Waals surface area contributed by atoms with Gasteiger partial charge in [-0.15, -0.1) is 0 Å². The number of amides is 2. The van der Waals surface area contributed by atoms with Crippen LogP contribution < -0.4 is 10.0 Å². The Morgan fingerprint density at radius 2 is 1.86 bits per heavy atom. The first-order valence-corrected chi connectivity index (χ1v) is 9.21. The van der Waals surface area contributed by atoms with E-state index >= 15 is 0 Å². The Hall–Kier alpha value is -1.35. The number of carbonyl (C=O) groups is 2. The van der Waals surface area contributed by atoms with E-state index in [1.54, 1.807) is 18.7 Å². The van der Waals surface area contributed by atoms with Gasteiger partial charge in [0.1, 0.15) is 0 Å². The van der Waals surface area contributed by atoms with Crippen molar-refractivity contribution in [1.29, 1.82) is 0 Å². The van der Waals surface area contributed by atoms with Crippen molar-refractivity contribution in [3.8, 4) is 0 Å². The molecule has 0 radical (unpaired) electrons. The van der Waals surface area contributed by atoms with Crippen molar-refractivity contribution in [3.05, 3.63) is 0 Å². The van der Waals surface area contributed by atoms with Gasteiger partial charge in [0.15, 0.2) is 0 Å². The molecular weight excluding hydrogens is 310 g/mol. The van der Waals surface area contributed by atoms with Crippen molar-refractivity contribution in [2.45, 2.75) is 39.2 Å². The summed E-state index contributed by atoms with van der Waals surface area (Å²) in [7, 11) is -3.37. The van der Waals surface area contributed by atoms with E-state index in [4.69, 9.17) is 4.74 Å². The zero-order valence-corrected chi connectivity index (χ0v) is 13.9. The third-order valence-electron chi connectivity index (χ3n) is 3.31. The average molecular weight is 335 g/mol. The highest BCUT2D eigenvalue weighted by molar-refractivity contribution is 7.89. The quantitative estimate of drug-likeness (QED) is 0.684. The Balaban J connectivity index is 2.29. The number of nitrogens with one attached hydrogen (secondary N) is 2. The topological polar surface area (TPSA) is 105 Å². The van der Waals surface area contributed by atoms with Gasteiger partial charge in [-0.3, -0.25) is 4.79 Å². The van der Waals surface area contributed by atoms with Crippen LogP contribution in [0.3, 0.4) is 0 Å². The monoisotopic (exact) mass is 335 g/mol. The van der Waals surface area contributed by atoms with Crippen molar-refractivity contribution in [3.63, 3.8) is 0 Å². The summed E-state index contributed by atoms with van der Waals surface area (Å²) in [5, 5.41) is 2.78. The van der Waals surface area contributed by atoms with E-state index in [2.05, 4.69) is 10.0 Å². The van der Waals surface area contributed by atoms with Crippen LogP contribution in [0.2, 0.25) is 0 Å². The molecule has 22 heavy (non-hydrogen) atoms. The fourth-order valence-electron chi connectivity index (χ4n) is 2.22. The molecule has 0 aromatic carbocycles. The van der Waals surface area contributed by atoms with E-state index < -0.39 is 10.0 Å². The zero-order valence-electron chi connectivity index (χ0n) is 13.1. The molecule has 1 rings (SSSR count). The lowest BCUT2D eigenvalue weighted by molar-refractivity contribution is -0.120. The molecule has 8 nitrogen and oxygen atoms in total. The van der Waals surface area contributed by atoms with Gasteiger partial charge in [-0.1, -0.05) is 6.92 Å². The highest BCUT2D eigenvalue weighted by atomic mass is 32.2. The molecule has 0 bridgehead atoms. The van der Waals surface area contributed by atoms with Crippen molar-refractivity contribution in [2.75, 3.05) is 32.0 Å². The van der Waals surface area contributed by atoms with Crippen molar-refractivity contribution in [2.24, 2.45) is 0 Å². The van der Waals surface area contributed by atoms with Gasteiger partial charge in [0.2, 0.25) is 15.9 Å². The first kappa shape index (κ1) is 18.7. The predicted molar refractivity (Wildman–Crippen MR) is 81.8 cm³/mol. The summed E-state index contributed by atoms with van der Waals surface area (Å²) in [5.74, 6) is -0.340. The summed E-state index contributed by atoms with van der Waals surface area (Å²) in [6.45, 7) is 4.64. The Morgan fingerprint density at radius 3 is 2.41 bits per heavy atom. The third kappa shape index (κ3) is 6.61. The fourth-order valence-corrected chi connectivity index (χ4v) is 3.25. The van der Waals surface area contributed by atoms with E-state index in [0.29, 0.717) is 39.0 Å². The fraction of sp³-hybridized carbons (Fsp3) is 0.846. The molecule has 0 aliphatic carbocycles. The minimum absolute atomic E-state index is 0.0121. The maximum atomic E-state index is 11.7. The number of piperidine rings is 1. The predicted octanol–water partition coefficient (Wildman–Crippen LogP) is 0.0529. The Kier molecular flexibility index (Phi) is 7.60. The van der Waals surface area contributed by atoms with Gasteiger partial charge in [0.25, 0.3) is 0 Å². The lowest BCUT2D eigenvalue weighted by atomic mass is 10.1. The number of nitrogens with zero attached hydrogens (tertiary/aromatic N) is 1. The minimum Gasteiger partial charge on any atom is -0.450 e. The molecular formula is C13H25N3O5S. The second-order valence-corrected chi connectivity index (χ2v) is 7.09. The normalized spacial score (nSPS) is 16.4. The van der Waals surface area contributed by atoms with Crippen molar-refractivity contribution in [1.82, 2.24) is 14.9 Å². The van der Waals surface area contributed by atoms with Crippen LogP contribution in [0.25, 0.3) is 0 Å². The standard InChI is InChI=1S/C13H25N3O5S/c1-3-9-22(19,20)14-10-12(17)15-11-5-7-16(8-6-11)13(18)21-4-2/h11,14H,3-10H2,1-2H3,(H,15,17). The van der Waals surface area contributed by atoms with Gasteiger partial charge >= 0.3 is 6.09 Å². The molecule has 0 spiro atoms. The van der Waals surface area contributed by atoms with Crippen LogP contribution in [0.15, 0.2) is 0 Å². The highest BCUT2D eigenvalue weighted by Crippen LogP contribution is 2.11. The van der Waals surface area contributed by atoms with Crippen LogP contribution in [0, 0.1) is 0 Å². The number of carbonyl (C=O) groups excluding carboxylic acids is 2. The molecule has 1 fully saturated rings. The molecule has 0 aromatic rings. The zero-order chi connectivity index (χ0) is 16.6. The number of likely N-dealkylation sites (tertiary alicyclic amines) is 1. The van der Waals surface area contributed by atoms with Gasteiger partial charge in [-0.2, -0.15) is 0 Å². The van der Waals surface area contributed by atoms with Crippen LogP contribution in [0.1, 0.15) is 33.1 Å². The van der Waals surface area contributed by atoms with Crippen LogP contribution in [-0.4, -0.2) is 63.4 Å². The van der Waals surface area contributed by atoms with Crippen LogP contribution in [0.5, 0.6) is 0 Å². The average Bonchev–Trinajstić information content (AvgIpc) is 2.46. The van der Waals surface area contributed by atoms with E-state index in [1.807, 2.05) is 0 Å². The SMILES string of the molecule is CCCS(=O)(=O)NCC(=O)NC1CCN(C(=O)OCC)CC1. The largest absolute Gasteiger partial charge is 0.450 e.